The Morgan fingerprint density at radius 2 is 0.407 bits per heavy atom. The minimum Gasteiger partial charge on any atom is -0.411 e. The number of anilines is 6. The zero-order chi connectivity index (χ0) is 37.8. The fourth-order valence-electron chi connectivity index (χ4n) is 4.91. The molecule has 276 valence electrons. The third-order valence-corrected chi connectivity index (χ3v) is 15.5. The maximum Gasteiger partial charge on any atom is 0.461 e. The van der Waals surface area contributed by atoms with Crippen molar-refractivity contribution < 1.29 is 27.1 Å². The second-order valence-electron chi connectivity index (χ2n) is 11.5. The lowest BCUT2D eigenvalue weighted by molar-refractivity contribution is 0.445. The van der Waals surface area contributed by atoms with Gasteiger partial charge in [0.15, 0.2) is 34.5 Å². The molecule has 18 heteroatoms. The molecule has 0 atom stereocenters. The van der Waals surface area contributed by atoms with Gasteiger partial charge in [0.25, 0.3) is 0 Å². The quantitative estimate of drug-likeness (QED) is 0.0501. The van der Waals surface area contributed by atoms with E-state index in [9.17, 15) is 0 Å². The number of hydrogen-bond acceptors (Lipinski definition) is 15. The minimum absolute atomic E-state index is 0.155. The van der Waals surface area contributed by atoms with Crippen LogP contribution in [0.2, 0.25) is 0 Å². The van der Waals surface area contributed by atoms with Crippen LogP contribution in [0.5, 0.6) is 34.5 Å². The Labute approximate surface area is 311 Å². The van der Waals surface area contributed by atoms with Gasteiger partial charge < -0.3 is 61.5 Å². The summed E-state index contributed by atoms with van der Waals surface area (Å²) >= 11 is 0. The van der Waals surface area contributed by atoms with E-state index >= 15 is 0 Å². The molecule has 0 unspecified atom stereocenters. The number of benzene rings is 6. The van der Waals surface area contributed by atoms with Crippen molar-refractivity contribution in [1.29, 1.82) is 0 Å². The Morgan fingerprint density at radius 3 is 0.556 bits per heavy atom. The van der Waals surface area contributed by atoms with Crippen molar-refractivity contribution >= 4 is 57.1 Å². The van der Waals surface area contributed by atoms with E-state index in [0.717, 1.165) is 0 Å². The van der Waals surface area contributed by atoms with Crippen LogP contribution in [0.4, 0.5) is 34.1 Å². The lowest BCUT2D eigenvalue weighted by Gasteiger charge is -2.33. The summed E-state index contributed by atoms with van der Waals surface area (Å²) in [5.74, 6) is 0.932. The van der Waals surface area contributed by atoms with E-state index in [1.165, 1.54) is 0 Å². The highest BCUT2D eigenvalue weighted by Crippen LogP contribution is 2.79. The Morgan fingerprint density at radius 1 is 0.259 bits per heavy atom. The molecule has 0 aromatic heterocycles. The first-order valence-corrected chi connectivity index (χ1v) is 20.8. The van der Waals surface area contributed by atoms with Crippen molar-refractivity contribution in [3.05, 3.63) is 146 Å². The third kappa shape index (κ3) is 7.84. The van der Waals surface area contributed by atoms with Crippen molar-refractivity contribution in [2.75, 3.05) is 34.4 Å². The molecule has 6 aromatic rings. The molecule has 15 nitrogen and oxygen atoms in total. The lowest BCUT2D eigenvalue weighted by atomic mass is 10.3. The Kier molecular flexibility index (Phi) is 9.94. The van der Waals surface area contributed by atoms with Crippen LogP contribution in [-0.4, -0.2) is 0 Å². The SMILES string of the molecule is Nc1ccccc1OP1(Oc2ccccc2N)=NP(Oc2ccccc2N)(Oc2ccccc2N)=NP(Oc2ccccc2N)(Oc2ccccc2N)=N1. The predicted octanol–water partition coefficient (Wildman–Crippen LogP) is 9.81. The minimum atomic E-state index is -4.31. The van der Waals surface area contributed by atoms with Gasteiger partial charge in [0.2, 0.25) is 0 Å². The molecule has 0 spiro atoms. The summed E-state index contributed by atoms with van der Waals surface area (Å²) in [5, 5.41) is 0. The molecule has 0 amide bonds. The molecule has 0 fully saturated rings. The number of nitrogens with zero attached hydrogens (tertiary/aromatic N) is 3. The normalized spacial score (nSPS) is 14.9. The van der Waals surface area contributed by atoms with Crippen LogP contribution in [0.25, 0.3) is 0 Å². The van der Waals surface area contributed by atoms with Crippen molar-refractivity contribution in [3.63, 3.8) is 0 Å². The predicted molar refractivity (Wildman–Crippen MR) is 217 cm³/mol. The second kappa shape index (κ2) is 14.9. The maximum absolute atomic E-state index is 6.74. The van der Waals surface area contributed by atoms with E-state index < -0.39 is 23.0 Å². The van der Waals surface area contributed by atoms with E-state index in [1.54, 1.807) is 146 Å². The molecule has 0 saturated carbocycles. The van der Waals surface area contributed by atoms with Crippen LogP contribution >= 0.6 is 23.0 Å². The van der Waals surface area contributed by atoms with Gasteiger partial charge in [-0.15, -0.1) is 0 Å². The molecular formula is C36H36N9O6P3. The van der Waals surface area contributed by atoms with Gasteiger partial charge in [-0.25, -0.2) is 0 Å². The Bertz CT molecular complexity index is 2070. The summed E-state index contributed by atoms with van der Waals surface area (Å²) in [6.45, 7) is 0. The average molecular weight is 784 g/mol. The van der Waals surface area contributed by atoms with Gasteiger partial charge in [0.1, 0.15) is 0 Å². The fourth-order valence-corrected chi connectivity index (χ4v) is 14.1. The number of hydrogen-bond donors (Lipinski definition) is 6. The first-order chi connectivity index (χ1) is 26.1. The molecule has 54 heavy (non-hydrogen) atoms. The van der Waals surface area contributed by atoms with Gasteiger partial charge in [0, 0.05) is 0 Å². The highest BCUT2D eigenvalue weighted by atomic mass is 31.3. The van der Waals surface area contributed by atoms with Gasteiger partial charge in [-0.1, -0.05) is 86.3 Å². The average Bonchev–Trinajstić information content (AvgIpc) is 3.14. The highest BCUT2D eigenvalue weighted by molar-refractivity contribution is 7.79. The van der Waals surface area contributed by atoms with Crippen LogP contribution in [0.15, 0.2) is 159 Å². The smallest absolute Gasteiger partial charge is 0.411 e. The molecule has 7 rings (SSSR count). The monoisotopic (exact) mass is 783 g/mol. The van der Waals surface area contributed by atoms with E-state index in [2.05, 4.69) is 0 Å². The summed E-state index contributed by atoms with van der Waals surface area (Å²) in [5.41, 5.74) is 40.2. The van der Waals surface area contributed by atoms with E-state index in [0.29, 0.717) is 0 Å². The van der Waals surface area contributed by atoms with Gasteiger partial charge in [0.05, 0.1) is 34.1 Å². The topological polar surface area (TPSA) is 249 Å². The van der Waals surface area contributed by atoms with E-state index in [-0.39, 0.29) is 68.6 Å². The van der Waals surface area contributed by atoms with Crippen molar-refractivity contribution in [2.24, 2.45) is 13.5 Å². The molecule has 1 heterocycles. The highest BCUT2D eigenvalue weighted by Gasteiger charge is 2.49. The maximum atomic E-state index is 6.74. The summed E-state index contributed by atoms with van der Waals surface area (Å²) in [6.07, 6.45) is 0. The summed E-state index contributed by atoms with van der Waals surface area (Å²) in [6, 6.07) is 40.5. The fraction of sp³-hybridized carbons (Fsp3) is 0. The Balaban J connectivity index is 1.63. The zero-order valence-corrected chi connectivity index (χ0v) is 31.1. The summed E-state index contributed by atoms with van der Waals surface area (Å²) in [7, 11) is -12.9. The number of rotatable bonds is 12. The standard InChI is InChI=1S/C36H36N9O6P3/c37-25-13-1-7-19-31(25)46-52(47-32-20-8-2-14-26(32)38)43-53(48-33-21-9-3-15-27(33)39,49-34-22-10-4-16-28(34)40)45-54(44-52,50-35-23-11-5-17-29(35)41)51-36-24-12-6-18-30(36)42/h1-24H,37-42H2. The third-order valence-electron chi connectivity index (χ3n) is 7.50. The van der Waals surface area contributed by atoms with Crippen molar-refractivity contribution in [1.82, 2.24) is 0 Å². The van der Waals surface area contributed by atoms with Crippen LogP contribution in [-0.2, 0) is 0 Å². The van der Waals surface area contributed by atoms with E-state index in [4.69, 9.17) is 75.1 Å². The summed E-state index contributed by atoms with van der Waals surface area (Å²) in [4.78, 5) is 0. The number of nitrogen functional groups attached to an aromatic ring is 6. The number of para-hydroxylation sites is 12. The summed E-state index contributed by atoms with van der Waals surface area (Å²) < 4.78 is 55.7. The first kappa shape index (κ1) is 36.0. The van der Waals surface area contributed by atoms with Crippen LogP contribution in [0.3, 0.4) is 0 Å². The number of nitrogens with two attached hydrogens (primary N) is 6. The van der Waals surface area contributed by atoms with Gasteiger partial charge >= 0.3 is 23.0 Å². The van der Waals surface area contributed by atoms with Gasteiger partial charge in [-0.05, 0) is 72.8 Å². The zero-order valence-electron chi connectivity index (χ0n) is 28.5. The molecule has 0 radical (unpaired) electrons. The molecular weight excluding hydrogens is 747 g/mol. The first-order valence-electron chi connectivity index (χ1n) is 16.2. The van der Waals surface area contributed by atoms with Gasteiger partial charge in [-0.3, -0.25) is 0 Å². The molecule has 1 aliphatic heterocycles. The van der Waals surface area contributed by atoms with Crippen LogP contribution in [0.1, 0.15) is 0 Å². The van der Waals surface area contributed by atoms with E-state index in [1.807, 2.05) is 0 Å². The van der Waals surface area contributed by atoms with Crippen LogP contribution < -0.4 is 61.5 Å². The lowest BCUT2D eigenvalue weighted by Crippen LogP contribution is -2.13. The van der Waals surface area contributed by atoms with Crippen LogP contribution in [0, 0.1) is 0 Å². The second-order valence-corrected chi connectivity index (χ2v) is 17.7. The largest absolute Gasteiger partial charge is 0.461 e. The molecule has 0 bridgehead atoms. The van der Waals surface area contributed by atoms with Crippen molar-refractivity contribution in [2.45, 2.75) is 0 Å². The molecule has 0 saturated heterocycles. The van der Waals surface area contributed by atoms with Crippen molar-refractivity contribution in [3.8, 4) is 34.5 Å². The Hall–Kier alpha value is -6.39. The molecule has 1 aliphatic rings. The van der Waals surface area contributed by atoms with Gasteiger partial charge in [-0.2, -0.15) is 0 Å². The molecule has 0 aliphatic carbocycles. The molecule has 12 N–H and O–H groups in total. The molecule has 6 aromatic carbocycles.